The summed E-state index contributed by atoms with van der Waals surface area (Å²) in [6, 6.07) is 150. The van der Waals surface area contributed by atoms with E-state index in [1.54, 1.807) is 0 Å². The third-order valence-corrected chi connectivity index (χ3v) is 22.6. The van der Waals surface area contributed by atoms with Gasteiger partial charge >= 0.3 is 20.9 Å². The van der Waals surface area contributed by atoms with E-state index in [4.69, 9.17) is 11.5 Å². The van der Waals surface area contributed by atoms with Gasteiger partial charge in [-0.25, -0.2) is 0 Å². The number of fused-ring (bicyclic) bond motifs is 24. The molecule has 0 saturated carbocycles. The Kier molecular flexibility index (Phi) is 16.7. The van der Waals surface area contributed by atoms with Gasteiger partial charge in [0.15, 0.2) is 0 Å². The molecule has 1 fully saturated rings. The molecule has 12 heteroatoms. The number of hydrogen-bond acceptors (Lipinski definition) is 7. The minimum Gasteiger partial charge on any atom is -0.416 e. The summed E-state index contributed by atoms with van der Waals surface area (Å²) < 4.78 is 8.28. The van der Waals surface area contributed by atoms with Gasteiger partial charge in [0.2, 0.25) is 0 Å². The molecule has 7 nitrogen and oxygen atoms in total. The van der Waals surface area contributed by atoms with Crippen molar-refractivity contribution in [2.24, 2.45) is 0 Å². The lowest BCUT2D eigenvalue weighted by atomic mass is 9.34. The van der Waals surface area contributed by atoms with Crippen molar-refractivity contribution in [3.05, 3.63) is 418 Å². The second-order valence-corrected chi connectivity index (χ2v) is 28.9. The number of rotatable bonds is 12. The molecular formula is C97H70B4ClN7. The zero-order chi connectivity index (χ0) is 72.3. The number of hydrogen-bond donors (Lipinski definition) is 0. The molecule has 0 aromatic heterocycles. The van der Waals surface area contributed by atoms with Gasteiger partial charge in [-0.2, -0.15) is 11.5 Å². The van der Waals surface area contributed by atoms with Crippen LogP contribution in [-0.4, -0.2) is 27.1 Å². The lowest BCUT2D eigenvalue weighted by Gasteiger charge is -2.61. The largest absolute Gasteiger partial charge is 0.416 e. The van der Waals surface area contributed by atoms with Crippen LogP contribution in [0.15, 0.2) is 413 Å². The minimum absolute atomic E-state index is 0.0360. The van der Waals surface area contributed by atoms with Gasteiger partial charge < -0.3 is 33.8 Å². The van der Waals surface area contributed by atoms with Crippen molar-refractivity contribution in [2.75, 3.05) is 33.8 Å². The van der Waals surface area contributed by atoms with E-state index in [1.165, 1.54) is 89.0 Å². The van der Waals surface area contributed by atoms with E-state index in [0.29, 0.717) is 0 Å². The average Bonchev–Trinajstić information content (AvgIpc) is 0.675. The molecular weight excluding hydrogens is 1340 g/mol. The molecule has 0 atom stereocenters. The lowest BCUT2D eigenvalue weighted by Crippen LogP contribution is -2.88. The third-order valence-electron chi connectivity index (χ3n) is 22.2. The maximum Gasteiger partial charge on any atom is 0.389 e. The van der Waals surface area contributed by atoms with Crippen molar-refractivity contribution in [2.45, 2.75) is 6.32 Å². The molecule has 16 aromatic rings. The molecule has 0 bridgehead atoms. The van der Waals surface area contributed by atoms with Crippen LogP contribution in [0.2, 0.25) is 0 Å². The topological polar surface area (TPSA) is 22.7 Å². The van der Waals surface area contributed by atoms with Crippen LogP contribution >= 0.6 is 11.5 Å². The second-order valence-electron chi connectivity index (χ2n) is 28.3. The van der Waals surface area contributed by atoms with Crippen LogP contribution in [0.5, 0.6) is 0 Å². The number of benzene rings is 16. The first-order valence-corrected chi connectivity index (χ1v) is 38.0. The molecule has 0 amide bonds. The molecule has 5 aliphatic heterocycles. The van der Waals surface area contributed by atoms with Gasteiger partial charge in [-0.1, -0.05) is 254 Å². The number of para-hydroxylation sites is 8. The van der Waals surface area contributed by atoms with Gasteiger partial charge in [0.05, 0.1) is 0 Å². The SMILES string of the molecule is ClB1Cc2ccc(N(c3ccccc3)c3ccccc3)cc2-c2ccccc21.c1ccc(N(c2ccccc2)c2ccc3c(c2)-c2ccccc2B2N3B3c4ccccc4-c4cc(N(c5ccccc5)c5ccccc5)ccc4N3B3c4ccccc4-c4cc(N(c5ccccc5)c5ccccc5)ccc4N23)cc1. The first-order chi connectivity index (χ1) is 54.1. The summed E-state index contributed by atoms with van der Waals surface area (Å²) in [6.45, 7) is -0.658. The van der Waals surface area contributed by atoms with E-state index in [9.17, 15) is 0 Å². The molecule has 21 rings (SSSR count). The van der Waals surface area contributed by atoms with Crippen LogP contribution in [-0.2, 0) is 6.32 Å². The lowest BCUT2D eigenvalue weighted by molar-refractivity contribution is 1.24. The first kappa shape index (κ1) is 65.2. The van der Waals surface area contributed by atoms with Crippen molar-refractivity contribution >= 4 is 146 Å². The molecule has 512 valence electrons. The van der Waals surface area contributed by atoms with Gasteiger partial charge in [0, 0.05) is 102 Å². The Morgan fingerprint density at radius 2 is 0.404 bits per heavy atom. The normalized spacial score (nSPS) is 12.8. The zero-order valence-electron chi connectivity index (χ0n) is 59.8. The first-order valence-electron chi connectivity index (χ1n) is 37.6. The van der Waals surface area contributed by atoms with Gasteiger partial charge in [-0.3, -0.25) is 0 Å². The zero-order valence-corrected chi connectivity index (χ0v) is 60.5. The van der Waals surface area contributed by atoms with E-state index in [1.807, 2.05) is 0 Å². The predicted molar refractivity (Wildman–Crippen MR) is 465 cm³/mol. The Labute approximate surface area is 644 Å². The van der Waals surface area contributed by atoms with E-state index in [2.05, 4.69) is 446 Å². The summed E-state index contributed by atoms with van der Waals surface area (Å²) in [4.78, 5) is 9.45. The molecule has 109 heavy (non-hydrogen) atoms. The number of halogens is 1. The summed E-state index contributed by atoms with van der Waals surface area (Å²) >= 11 is 6.66. The van der Waals surface area contributed by atoms with Gasteiger partial charge in [-0.05, 0) is 220 Å². The molecule has 0 radical (unpaired) electrons. The van der Waals surface area contributed by atoms with E-state index in [-0.39, 0.29) is 27.1 Å². The van der Waals surface area contributed by atoms with E-state index >= 15 is 0 Å². The van der Waals surface area contributed by atoms with Crippen LogP contribution in [0, 0.1) is 0 Å². The van der Waals surface area contributed by atoms with Gasteiger partial charge in [-0.15, -0.1) is 0 Å². The van der Waals surface area contributed by atoms with Crippen LogP contribution in [0.25, 0.3) is 44.5 Å². The van der Waals surface area contributed by atoms with Crippen LogP contribution in [0.4, 0.5) is 85.3 Å². The summed E-state index contributed by atoms with van der Waals surface area (Å²) in [5.41, 5.74) is 33.1. The Balaban J connectivity index is 0.000000233. The summed E-state index contributed by atoms with van der Waals surface area (Å²) in [6.07, 6.45) is 0.902. The smallest absolute Gasteiger partial charge is 0.389 e. The minimum atomic E-state index is -0.219. The maximum absolute atomic E-state index is 6.66. The Morgan fingerprint density at radius 3 is 0.670 bits per heavy atom. The fraction of sp³-hybridized carbons (Fsp3) is 0.0103. The summed E-state index contributed by atoms with van der Waals surface area (Å²) in [5.74, 6) is 0. The monoisotopic (exact) mass is 1410 g/mol. The van der Waals surface area contributed by atoms with Gasteiger partial charge in [0.25, 0.3) is 6.13 Å². The highest BCUT2D eigenvalue weighted by Crippen LogP contribution is 2.53. The fourth-order valence-electron chi connectivity index (χ4n) is 17.6. The molecule has 0 N–H and O–H groups in total. The number of nitrogens with zero attached hydrogens (tertiary/aromatic N) is 7. The van der Waals surface area contributed by atoms with Crippen molar-refractivity contribution in [3.8, 4) is 44.5 Å². The van der Waals surface area contributed by atoms with Crippen molar-refractivity contribution in [1.29, 1.82) is 0 Å². The molecule has 5 aliphatic rings. The predicted octanol–water partition coefficient (Wildman–Crippen LogP) is 22.4. The fourth-order valence-corrected chi connectivity index (χ4v) is 17.9. The molecule has 0 unspecified atom stereocenters. The molecule has 16 aromatic carbocycles. The second kappa shape index (κ2) is 27.9. The third kappa shape index (κ3) is 11.4. The van der Waals surface area contributed by atoms with E-state index < -0.39 is 0 Å². The van der Waals surface area contributed by atoms with E-state index in [0.717, 1.165) is 74.6 Å². The quantitative estimate of drug-likeness (QED) is 0.112. The molecule has 5 heterocycles. The van der Waals surface area contributed by atoms with Crippen LogP contribution in [0.1, 0.15) is 5.56 Å². The Bertz CT molecular complexity index is 5410. The molecule has 0 aliphatic carbocycles. The maximum atomic E-state index is 6.66. The van der Waals surface area contributed by atoms with Gasteiger partial charge in [0.1, 0.15) is 0 Å². The average molecular weight is 1410 g/mol. The highest BCUT2D eigenvalue weighted by molar-refractivity contribution is 7.16. The molecule has 0 spiro atoms. The highest BCUT2D eigenvalue weighted by atomic mass is 35.5. The highest BCUT2D eigenvalue weighted by Gasteiger charge is 2.61. The van der Waals surface area contributed by atoms with Crippen LogP contribution < -0.4 is 55.6 Å². The van der Waals surface area contributed by atoms with Crippen molar-refractivity contribution < 1.29 is 0 Å². The van der Waals surface area contributed by atoms with Crippen molar-refractivity contribution in [1.82, 2.24) is 0 Å². The van der Waals surface area contributed by atoms with Crippen molar-refractivity contribution in [3.63, 3.8) is 0 Å². The Morgan fingerprint density at radius 1 is 0.193 bits per heavy atom. The van der Waals surface area contributed by atoms with Crippen LogP contribution in [0.3, 0.4) is 0 Å². The summed E-state index contributed by atoms with van der Waals surface area (Å²) in [5, 5.41) is 0. The standard InChI is InChI=1S/C72H51B3N6.C25H19BClN/c1-7-25-52(26-8-1)76(53-27-9-2-10-28-53)58-43-46-70-64(49-58)61-37-19-22-40-67(61)73-79(70)74-68-41-23-20-38-62(68)65-50-60(78(56-33-15-5-16-34-56)57-35-17-6-18-36-57)45-48-72(65)81(74)75-69-42-24-21-39-63(69)66-51-59(44-47-71(66)80(73)75)77(54-29-11-3-12-30-54)55-31-13-4-14-32-55;27-26-18-19-15-16-22(17-24(19)23-13-7-8-14-25(23)26)28(20-9-3-1-4-10-20)21-11-5-2-6-12-21/h1-51H;1-17H,18H2. The Hall–Kier alpha value is -13.3. The number of anilines is 15. The summed E-state index contributed by atoms with van der Waals surface area (Å²) in [7, 11) is 0. The molecule has 1 saturated heterocycles.